The van der Waals surface area contributed by atoms with E-state index in [0.717, 1.165) is 38.0 Å². The number of carbonyl (C=O) groups excluding carboxylic acids is 1. The Bertz CT molecular complexity index is 416. The lowest BCUT2D eigenvalue weighted by Gasteiger charge is -2.37. The zero-order chi connectivity index (χ0) is 14.6. The maximum absolute atomic E-state index is 13.1. The lowest BCUT2D eigenvalue weighted by atomic mass is 9.78. The molecule has 112 valence electrons. The number of ether oxygens (including phenoxy) is 2. The summed E-state index contributed by atoms with van der Waals surface area (Å²) in [5, 5.41) is 0. The second-order valence-corrected chi connectivity index (χ2v) is 5.49. The highest BCUT2D eigenvalue weighted by atomic mass is 16.5. The molecule has 0 aromatic carbocycles. The molecule has 0 spiro atoms. The molecular weight excluding hydrogens is 254 g/mol. The zero-order valence-corrected chi connectivity index (χ0v) is 12.7. The van der Waals surface area contributed by atoms with Crippen LogP contribution in [0.4, 0.5) is 0 Å². The molecule has 0 aromatic rings. The molecule has 2 rings (SSSR count). The van der Waals surface area contributed by atoms with Crippen molar-refractivity contribution in [1.29, 1.82) is 0 Å². The Morgan fingerprint density at radius 2 is 2.30 bits per heavy atom. The molecule has 2 atom stereocenters. The average Bonchev–Trinajstić information content (AvgIpc) is 2.94. The standard InChI is InChI=1S/C16H25NO3/c1-4-16(10-6-5-9-14(16)20-3)15(18)17-11-7-8-13(17)12-19-2/h6,9-10,13H,4-5,7-8,11-12H2,1-3H3/t13-,16+/m0/s1. The summed E-state index contributed by atoms with van der Waals surface area (Å²) in [6.45, 7) is 3.47. The molecule has 20 heavy (non-hydrogen) atoms. The van der Waals surface area contributed by atoms with E-state index in [1.165, 1.54) is 0 Å². The summed E-state index contributed by atoms with van der Waals surface area (Å²) in [6, 6.07) is 0.198. The Morgan fingerprint density at radius 3 is 2.95 bits per heavy atom. The highest BCUT2D eigenvalue weighted by Crippen LogP contribution is 2.40. The molecule has 4 nitrogen and oxygen atoms in total. The van der Waals surface area contributed by atoms with Crippen LogP contribution in [0.5, 0.6) is 0 Å². The molecule has 0 N–H and O–H groups in total. The Morgan fingerprint density at radius 1 is 1.50 bits per heavy atom. The fourth-order valence-electron chi connectivity index (χ4n) is 3.32. The van der Waals surface area contributed by atoms with Crippen molar-refractivity contribution in [3.8, 4) is 0 Å². The average molecular weight is 279 g/mol. The van der Waals surface area contributed by atoms with E-state index in [1.54, 1.807) is 14.2 Å². The summed E-state index contributed by atoms with van der Waals surface area (Å²) in [6.07, 6.45) is 9.73. The van der Waals surface area contributed by atoms with Crippen LogP contribution in [0.3, 0.4) is 0 Å². The van der Waals surface area contributed by atoms with E-state index in [0.29, 0.717) is 6.61 Å². The van der Waals surface area contributed by atoms with E-state index in [9.17, 15) is 4.79 Å². The van der Waals surface area contributed by atoms with Gasteiger partial charge in [-0.05, 0) is 31.8 Å². The highest BCUT2D eigenvalue weighted by molar-refractivity contribution is 5.88. The first-order valence-corrected chi connectivity index (χ1v) is 7.42. The molecule has 0 radical (unpaired) electrons. The van der Waals surface area contributed by atoms with Crippen LogP contribution in [0.1, 0.15) is 32.6 Å². The van der Waals surface area contributed by atoms with Crippen molar-refractivity contribution in [1.82, 2.24) is 4.90 Å². The molecular formula is C16H25NO3. The highest BCUT2D eigenvalue weighted by Gasteiger charge is 2.45. The number of carbonyl (C=O) groups is 1. The van der Waals surface area contributed by atoms with Gasteiger partial charge in [0.25, 0.3) is 0 Å². The second kappa shape index (κ2) is 6.44. The largest absolute Gasteiger partial charge is 0.500 e. The molecule has 1 aliphatic heterocycles. The van der Waals surface area contributed by atoms with Crippen molar-refractivity contribution in [2.24, 2.45) is 5.41 Å². The number of likely N-dealkylation sites (tertiary alicyclic amines) is 1. The van der Waals surface area contributed by atoms with E-state index in [1.807, 2.05) is 24.0 Å². The molecule has 1 amide bonds. The molecule has 1 aliphatic carbocycles. The topological polar surface area (TPSA) is 38.8 Å². The van der Waals surface area contributed by atoms with Gasteiger partial charge in [-0.15, -0.1) is 0 Å². The van der Waals surface area contributed by atoms with Crippen LogP contribution in [0, 0.1) is 5.41 Å². The summed E-state index contributed by atoms with van der Waals surface area (Å²) in [5.41, 5.74) is -0.622. The lowest BCUT2D eigenvalue weighted by molar-refractivity contribution is -0.141. The molecule has 1 fully saturated rings. The predicted octanol–water partition coefficient (Wildman–Crippen LogP) is 2.51. The van der Waals surface area contributed by atoms with Crippen LogP contribution in [0.15, 0.2) is 24.0 Å². The number of methoxy groups -OCH3 is 2. The quantitative estimate of drug-likeness (QED) is 0.726. The van der Waals surface area contributed by atoms with E-state index in [-0.39, 0.29) is 11.9 Å². The maximum Gasteiger partial charge on any atom is 0.240 e. The van der Waals surface area contributed by atoms with Crippen LogP contribution in [-0.2, 0) is 14.3 Å². The minimum absolute atomic E-state index is 0.156. The SMILES string of the molecule is CC[C@@]1(C(=O)N2CCC[C@H]2COC)C=CCC=C1OC. The van der Waals surface area contributed by atoms with Gasteiger partial charge in [0, 0.05) is 13.7 Å². The molecule has 1 heterocycles. The minimum atomic E-state index is -0.622. The van der Waals surface area contributed by atoms with Crippen molar-refractivity contribution >= 4 is 5.91 Å². The van der Waals surface area contributed by atoms with Crippen LogP contribution in [0.2, 0.25) is 0 Å². The summed E-state index contributed by atoms with van der Waals surface area (Å²) in [5.74, 6) is 0.944. The first-order chi connectivity index (χ1) is 9.69. The summed E-state index contributed by atoms with van der Waals surface area (Å²) in [4.78, 5) is 15.1. The Kier molecular flexibility index (Phi) is 4.86. The number of amides is 1. The Balaban J connectivity index is 2.26. The fraction of sp³-hybridized carbons (Fsp3) is 0.688. The molecule has 4 heteroatoms. The maximum atomic E-state index is 13.1. The first-order valence-electron chi connectivity index (χ1n) is 7.42. The van der Waals surface area contributed by atoms with Crippen molar-refractivity contribution in [2.75, 3.05) is 27.4 Å². The summed E-state index contributed by atoms with van der Waals surface area (Å²) in [7, 11) is 3.34. The Labute approximate surface area is 121 Å². The smallest absolute Gasteiger partial charge is 0.240 e. The van der Waals surface area contributed by atoms with Crippen molar-refractivity contribution < 1.29 is 14.3 Å². The van der Waals surface area contributed by atoms with E-state index < -0.39 is 5.41 Å². The third kappa shape index (κ3) is 2.49. The normalized spacial score (nSPS) is 29.4. The van der Waals surface area contributed by atoms with Gasteiger partial charge < -0.3 is 14.4 Å². The molecule has 0 unspecified atom stereocenters. The fourth-order valence-corrected chi connectivity index (χ4v) is 3.32. The first kappa shape index (κ1) is 15.1. The van der Waals surface area contributed by atoms with Crippen molar-refractivity contribution in [3.05, 3.63) is 24.0 Å². The van der Waals surface area contributed by atoms with Gasteiger partial charge in [-0.2, -0.15) is 0 Å². The van der Waals surface area contributed by atoms with Crippen LogP contribution in [0.25, 0.3) is 0 Å². The summed E-state index contributed by atoms with van der Waals surface area (Å²) >= 11 is 0. The van der Waals surface area contributed by atoms with Gasteiger partial charge in [0.2, 0.25) is 5.91 Å². The van der Waals surface area contributed by atoms with Gasteiger partial charge in [0.1, 0.15) is 11.2 Å². The van der Waals surface area contributed by atoms with Crippen molar-refractivity contribution in [2.45, 2.75) is 38.6 Å². The molecule has 0 aromatic heterocycles. The Hall–Kier alpha value is -1.29. The number of hydrogen-bond donors (Lipinski definition) is 0. The molecule has 1 saturated heterocycles. The van der Waals surface area contributed by atoms with Crippen molar-refractivity contribution in [3.63, 3.8) is 0 Å². The van der Waals surface area contributed by atoms with Crippen LogP contribution < -0.4 is 0 Å². The zero-order valence-electron chi connectivity index (χ0n) is 12.7. The van der Waals surface area contributed by atoms with E-state index >= 15 is 0 Å². The van der Waals surface area contributed by atoms with Gasteiger partial charge in [-0.3, -0.25) is 4.79 Å². The number of nitrogens with zero attached hydrogens (tertiary/aromatic N) is 1. The molecule has 0 bridgehead atoms. The van der Waals surface area contributed by atoms with E-state index in [2.05, 4.69) is 6.08 Å². The second-order valence-electron chi connectivity index (χ2n) is 5.49. The molecule has 0 saturated carbocycles. The van der Waals surface area contributed by atoms with Gasteiger partial charge in [-0.25, -0.2) is 0 Å². The number of rotatable bonds is 5. The third-order valence-corrected chi connectivity index (χ3v) is 4.44. The van der Waals surface area contributed by atoms with Gasteiger partial charge >= 0.3 is 0 Å². The van der Waals surface area contributed by atoms with Gasteiger partial charge in [-0.1, -0.05) is 19.1 Å². The van der Waals surface area contributed by atoms with Crippen LogP contribution in [-0.4, -0.2) is 44.2 Å². The van der Waals surface area contributed by atoms with Crippen LogP contribution >= 0.6 is 0 Å². The third-order valence-electron chi connectivity index (χ3n) is 4.44. The predicted molar refractivity (Wildman–Crippen MR) is 78.2 cm³/mol. The number of hydrogen-bond acceptors (Lipinski definition) is 3. The monoisotopic (exact) mass is 279 g/mol. The van der Waals surface area contributed by atoms with Gasteiger partial charge in [0.15, 0.2) is 0 Å². The summed E-state index contributed by atoms with van der Waals surface area (Å²) < 4.78 is 10.8. The lowest BCUT2D eigenvalue weighted by Crippen LogP contribution is -2.48. The number of allylic oxidation sites excluding steroid dienone is 2. The van der Waals surface area contributed by atoms with E-state index in [4.69, 9.17) is 9.47 Å². The minimum Gasteiger partial charge on any atom is -0.500 e. The molecule has 2 aliphatic rings. The van der Waals surface area contributed by atoms with Gasteiger partial charge in [0.05, 0.1) is 19.8 Å².